The first-order chi connectivity index (χ1) is 32.8. The number of fused-ring (bicyclic) bond motifs is 6. The molecule has 11 rings (SSSR count). The predicted octanol–water partition coefficient (Wildman–Crippen LogP) is 7.13. The number of hydrogen-bond acceptors (Lipinski definition) is 10. The van der Waals surface area contributed by atoms with E-state index in [-0.39, 0.29) is 38.1 Å². The smallest absolute Gasteiger partial charge is 0.327 e. The van der Waals surface area contributed by atoms with E-state index >= 15 is 4.79 Å². The topological polar surface area (TPSA) is 139 Å². The van der Waals surface area contributed by atoms with Crippen LogP contribution < -0.4 is 5.32 Å². The van der Waals surface area contributed by atoms with E-state index in [2.05, 4.69) is 56.4 Å². The number of nitrogens with one attached hydrogen (secondary N) is 1. The highest BCUT2D eigenvalue weighted by molar-refractivity contribution is 5.96. The van der Waals surface area contributed by atoms with Gasteiger partial charge in [-0.1, -0.05) is 141 Å². The van der Waals surface area contributed by atoms with Crippen molar-refractivity contribution in [1.29, 1.82) is 0 Å². The lowest BCUT2D eigenvalue weighted by molar-refractivity contribution is -0.214. The second-order valence-corrected chi connectivity index (χ2v) is 21.2. The first-order valence-corrected chi connectivity index (χ1v) is 24.6. The lowest BCUT2D eigenvalue weighted by Crippen LogP contribution is -2.70. The number of nitrogens with zero attached hydrogens (tertiary/aromatic N) is 2. The fourth-order valence-electron chi connectivity index (χ4n) is 13.0. The summed E-state index contributed by atoms with van der Waals surface area (Å²) in [5.41, 5.74) is 4.66. The maximum atomic E-state index is 15.8. The molecule has 7 fully saturated rings. The van der Waals surface area contributed by atoms with Crippen LogP contribution in [0.25, 0.3) is 6.08 Å². The van der Waals surface area contributed by atoms with Gasteiger partial charge in [0.05, 0.1) is 24.9 Å². The Morgan fingerprint density at radius 3 is 2.16 bits per heavy atom. The van der Waals surface area contributed by atoms with Crippen molar-refractivity contribution in [2.75, 3.05) is 20.2 Å². The fraction of sp³-hybridized carbons (Fsp3) is 0.482. The van der Waals surface area contributed by atoms with Crippen LogP contribution in [-0.2, 0) is 56.9 Å². The Balaban J connectivity index is 0.943. The zero-order valence-electron chi connectivity index (χ0n) is 39.4. The number of likely N-dealkylation sites (N-methyl/N-ethyl adjacent to an activating group) is 1. The molecule has 0 radical (unpaired) electrons. The van der Waals surface area contributed by atoms with Gasteiger partial charge in [-0.2, -0.15) is 5.06 Å². The molecular formula is C56H63N3O9. The number of aliphatic hydroxyl groups excluding tert-OH is 1. The summed E-state index contributed by atoms with van der Waals surface area (Å²) in [5.74, 6) is -1.65. The zero-order chi connectivity index (χ0) is 47.0. The number of rotatable bonds is 12. The number of carbonyl (C=O) groups excluding carboxylic acids is 3. The van der Waals surface area contributed by atoms with Gasteiger partial charge >= 0.3 is 5.97 Å². The molecule has 3 aliphatic carbocycles. The van der Waals surface area contributed by atoms with Gasteiger partial charge in [0, 0.05) is 37.6 Å². The number of amides is 2. The standard InChI is InChI=1S/C56H63N3O9/c1-53(2)32-41-38(24-25-45-54(3,65-45)27-26-42(41)53)30-36-20-22-37(23-21-36)34-59-48-51(62)64-44-33-55(48,52(63)58(4)43(50(61)57-28-29-60)31-35-14-8-5-9-15-35)49(68-59)47-46(44)66-56(67-47,39-16-10-6-11-17-39)40-18-12-7-13-19-40/h5-23,30,41-49,60H,24-29,31-34H2,1-4H3,(H,57,61). The van der Waals surface area contributed by atoms with E-state index in [4.69, 9.17) is 23.8 Å². The number of epoxide rings is 1. The van der Waals surface area contributed by atoms with Gasteiger partial charge in [-0.15, -0.1) is 0 Å². The van der Waals surface area contributed by atoms with E-state index in [0.29, 0.717) is 23.4 Å². The second kappa shape index (κ2) is 17.3. The Bertz CT molecular complexity index is 2520. The van der Waals surface area contributed by atoms with Crippen LogP contribution in [-0.4, -0.2) is 101 Å². The van der Waals surface area contributed by atoms with Crippen LogP contribution in [0.2, 0.25) is 0 Å². The van der Waals surface area contributed by atoms with Crippen LogP contribution in [0, 0.1) is 22.7 Å². The normalized spacial score (nSPS) is 33.8. The molecule has 4 aromatic carbocycles. The number of benzene rings is 4. The maximum absolute atomic E-state index is 15.8. The lowest BCUT2D eigenvalue weighted by atomic mass is 9.52. The van der Waals surface area contributed by atoms with Gasteiger partial charge in [-0.05, 0) is 73.0 Å². The van der Waals surface area contributed by atoms with Gasteiger partial charge in [-0.25, -0.2) is 0 Å². The molecular weight excluding hydrogens is 859 g/mol. The summed E-state index contributed by atoms with van der Waals surface area (Å²) in [6, 6.07) is 35.1. The Kier molecular flexibility index (Phi) is 11.5. The van der Waals surface area contributed by atoms with Gasteiger partial charge in [0.2, 0.25) is 17.6 Å². The van der Waals surface area contributed by atoms with Gasteiger partial charge in [-0.3, -0.25) is 19.2 Å². The molecule has 0 aromatic heterocycles. The van der Waals surface area contributed by atoms with Gasteiger partial charge in [0.25, 0.3) is 0 Å². The average Bonchev–Trinajstić information content (AvgIpc) is 3.62. The minimum atomic E-state index is -1.54. The third kappa shape index (κ3) is 7.63. The molecule has 4 saturated heterocycles. The number of ether oxygens (including phenoxy) is 4. The molecule has 12 nitrogen and oxygen atoms in total. The van der Waals surface area contributed by atoms with Crippen molar-refractivity contribution in [3.05, 3.63) is 149 Å². The van der Waals surface area contributed by atoms with Crippen molar-refractivity contribution in [1.82, 2.24) is 15.3 Å². The fourth-order valence-corrected chi connectivity index (χ4v) is 13.0. The van der Waals surface area contributed by atoms with E-state index in [1.165, 1.54) is 23.3 Å². The highest BCUT2D eigenvalue weighted by Crippen LogP contribution is 2.61. The van der Waals surface area contributed by atoms with Crippen molar-refractivity contribution in [2.45, 2.75) is 126 Å². The zero-order valence-corrected chi connectivity index (χ0v) is 39.4. The largest absolute Gasteiger partial charge is 0.458 e. The molecule has 2 N–H and O–H groups in total. The predicted molar refractivity (Wildman–Crippen MR) is 253 cm³/mol. The Morgan fingerprint density at radius 2 is 1.50 bits per heavy atom. The van der Waals surface area contributed by atoms with E-state index in [1.54, 1.807) is 12.1 Å². The molecule has 2 amide bonds. The van der Waals surface area contributed by atoms with Crippen molar-refractivity contribution < 1.29 is 43.3 Å². The van der Waals surface area contributed by atoms with Crippen LogP contribution in [0.3, 0.4) is 0 Å². The molecule has 4 aromatic rings. The number of carbonyl (C=O) groups is 3. The van der Waals surface area contributed by atoms with Crippen LogP contribution in [0.1, 0.15) is 87.1 Å². The van der Waals surface area contributed by atoms with Crippen LogP contribution in [0.15, 0.2) is 121 Å². The summed E-state index contributed by atoms with van der Waals surface area (Å²) >= 11 is 0. The minimum Gasteiger partial charge on any atom is -0.458 e. The molecule has 4 aliphatic heterocycles. The number of allylic oxidation sites excluding steroid dienone is 1. The molecule has 7 aliphatic rings. The molecule has 2 bridgehead atoms. The summed E-state index contributed by atoms with van der Waals surface area (Å²) in [6.45, 7) is 7.04. The Hall–Kier alpha value is -5.21. The highest BCUT2D eigenvalue weighted by Gasteiger charge is 2.77. The summed E-state index contributed by atoms with van der Waals surface area (Å²) in [4.78, 5) is 53.2. The third-order valence-corrected chi connectivity index (χ3v) is 16.7. The Labute approximate surface area is 398 Å². The minimum absolute atomic E-state index is 0.0217. The van der Waals surface area contributed by atoms with Crippen molar-refractivity contribution >= 4 is 23.9 Å². The van der Waals surface area contributed by atoms with Gasteiger partial charge in [0.1, 0.15) is 35.9 Å². The second-order valence-electron chi connectivity index (χ2n) is 21.2. The summed E-state index contributed by atoms with van der Waals surface area (Å²) < 4.78 is 26.9. The average molecular weight is 922 g/mol. The molecule has 11 atom stereocenters. The quantitative estimate of drug-likeness (QED) is 0.112. The summed E-state index contributed by atoms with van der Waals surface area (Å²) in [7, 11) is 1.62. The SMILES string of the molecule is CN(C(=O)C12CC3OC(=O)C1N(Cc1ccc(C=C4CCC5OC5(C)CCC5C4CC5(C)C)cc1)OC2C1OC(c2ccccc2)(c2ccccc2)OC31)C(Cc1ccccc1)C(=O)NCCO. The number of esters is 1. The van der Waals surface area contributed by atoms with Crippen molar-refractivity contribution in [3.63, 3.8) is 0 Å². The molecule has 4 heterocycles. The summed E-state index contributed by atoms with van der Waals surface area (Å²) in [6.07, 6.45) is 5.04. The monoisotopic (exact) mass is 921 g/mol. The first kappa shape index (κ1) is 45.2. The van der Waals surface area contributed by atoms with E-state index < -0.39 is 65.5 Å². The maximum Gasteiger partial charge on any atom is 0.327 e. The molecule has 3 saturated carbocycles. The van der Waals surface area contributed by atoms with E-state index in [1.807, 2.05) is 91.0 Å². The Morgan fingerprint density at radius 1 is 0.838 bits per heavy atom. The number of hydroxylamine groups is 2. The van der Waals surface area contributed by atoms with Crippen LogP contribution in [0.4, 0.5) is 0 Å². The third-order valence-electron chi connectivity index (χ3n) is 16.7. The van der Waals surface area contributed by atoms with Gasteiger partial charge in [0.15, 0.2) is 6.04 Å². The van der Waals surface area contributed by atoms with E-state index in [0.717, 1.165) is 47.1 Å². The molecule has 0 spiro atoms. The lowest BCUT2D eigenvalue weighted by Gasteiger charge is -2.53. The number of aliphatic hydroxyl groups is 1. The van der Waals surface area contributed by atoms with Crippen molar-refractivity contribution in [2.24, 2.45) is 22.7 Å². The van der Waals surface area contributed by atoms with E-state index in [9.17, 15) is 14.7 Å². The molecule has 356 valence electrons. The number of hydrogen-bond donors (Lipinski definition) is 2. The first-order valence-electron chi connectivity index (χ1n) is 24.6. The molecule has 11 unspecified atom stereocenters. The molecule has 12 heteroatoms. The highest BCUT2D eigenvalue weighted by atomic mass is 16.8. The van der Waals surface area contributed by atoms with Crippen LogP contribution in [0.5, 0.6) is 0 Å². The van der Waals surface area contributed by atoms with Crippen molar-refractivity contribution in [3.8, 4) is 0 Å². The van der Waals surface area contributed by atoms with Crippen LogP contribution >= 0.6 is 0 Å². The summed E-state index contributed by atoms with van der Waals surface area (Å²) in [5, 5.41) is 14.1. The van der Waals surface area contributed by atoms with Gasteiger partial charge < -0.3 is 34.3 Å². The molecule has 68 heavy (non-hydrogen) atoms.